The number of likely N-dealkylation sites (tertiary alicyclic amines) is 1. The van der Waals surface area contributed by atoms with E-state index in [0.29, 0.717) is 13.1 Å². The zero-order chi connectivity index (χ0) is 23.0. The average Bonchev–Trinajstić information content (AvgIpc) is 3.10. The highest BCUT2D eigenvalue weighted by molar-refractivity contribution is 5.79. The third-order valence-electron chi connectivity index (χ3n) is 5.95. The fraction of sp³-hybridized carbons (Fsp3) is 0.455. The molecule has 1 amide bonds. The van der Waals surface area contributed by atoms with Gasteiger partial charge in [-0.1, -0.05) is 6.92 Å². The minimum atomic E-state index is -4.31. The molecule has 1 saturated heterocycles. The molecule has 3 aromatic heterocycles. The van der Waals surface area contributed by atoms with Gasteiger partial charge in [-0.25, -0.2) is 9.97 Å². The lowest BCUT2D eigenvalue weighted by molar-refractivity contribution is -0.151. The number of nitrogens with zero attached hydrogens (tertiary/aromatic N) is 6. The first-order chi connectivity index (χ1) is 15.2. The predicted octanol–water partition coefficient (Wildman–Crippen LogP) is 3.96. The molecule has 0 unspecified atom stereocenters. The first-order valence-electron chi connectivity index (χ1n) is 10.5. The maximum absolute atomic E-state index is 12.3. The number of carbonyl (C=O) groups is 1. The van der Waals surface area contributed by atoms with Crippen LogP contribution in [0.4, 0.5) is 24.7 Å². The van der Waals surface area contributed by atoms with Gasteiger partial charge in [0, 0.05) is 51.3 Å². The van der Waals surface area contributed by atoms with Gasteiger partial charge >= 0.3 is 6.18 Å². The molecule has 3 aromatic rings. The summed E-state index contributed by atoms with van der Waals surface area (Å²) in [6, 6.07) is 4.00. The molecule has 0 aromatic carbocycles. The fourth-order valence-electron chi connectivity index (χ4n) is 3.92. The van der Waals surface area contributed by atoms with E-state index in [2.05, 4.69) is 21.9 Å². The monoisotopic (exact) mass is 446 g/mol. The van der Waals surface area contributed by atoms with Crippen LogP contribution in [0.15, 0.2) is 30.9 Å². The van der Waals surface area contributed by atoms with Crippen LogP contribution in [0.3, 0.4) is 0 Å². The fourth-order valence-corrected chi connectivity index (χ4v) is 3.92. The Bertz CT molecular complexity index is 1140. The average molecular weight is 446 g/mol. The molecule has 4 rings (SSSR count). The first kappa shape index (κ1) is 22.0. The maximum atomic E-state index is 12.3. The van der Waals surface area contributed by atoms with Crippen LogP contribution in [0.5, 0.6) is 0 Å². The molecule has 0 radical (unpaired) electrons. The van der Waals surface area contributed by atoms with Crippen molar-refractivity contribution in [2.24, 2.45) is 7.05 Å². The SMILES string of the molecule is CCc1cc(C2CN(C(=O)CCC(F)(F)F)C2)ncc1N(C)c1cc2c(cn1)ncn2C. The summed E-state index contributed by atoms with van der Waals surface area (Å²) in [5, 5.41) is 0. The molecule has 7 nitrogen and oxygen atoms in total. The summed E-state index contributed by atoms with van der Waals surface area (Å²) in [5.41, 5.74) is 4.69. The van der Waals surface area contributed by atoms with Gasteiger partial charge in [0.05, 0.1) is 36.3 Å². The van der Waals surface area contributed by atoms with Crippen molar-refractivity contribution < 1.29 is 18.0 Å². The number of imidazole rings is 1. The van der Waals surface area contributed by atoms with Crippen molar-refractivity contribution in [3.05, 3.63) is 42.1 Å². The molecule has 10 heteroatoms. The number of amides is 1. The van der Waals surface area contributed by atoms with Gasteiger partial charge in [-0.15, -0.1) is 0 Å². The topological polar surface area (TPSA) is 67.2 Å². The minimum absolute atomic E-state index is 0.0402. The second-order valence-electron chi connectivity index (χ2n) is 8.15. The van der Waals surface area contributed by atoms with E-state index < -0.39 is 24.9 Å². The Labute approximate surface area is 183 Å². The van der Waals surface area contributed by atoms with Crippen LogP contribution in [-0.2, 0) is 18.3 Å². The molecule has 1 fully saturated rings. The van der Waals surface area contributed by atoms with Crippen molar-refractivity contribution in [2.75, 3.05) is 25.0 Å². The van der Waals surface area contributed by atoms with Crippen LogP contribution < -0.4 is 4.90 Å². The molecule has 32 heavy (non-hydrogen) atoms. The highest BCUT2D eigenvalue weighted by Crippen LogP contribution is 2.32. The molecule has 0 N–H and O–H groups in total. The molecule has 1 aliphatic heterocycles. The van der Waals surface area contributed by atoms with Crippen LogP contribution in [0.25, 0.3) is 11.0 Å². The molecule has 0 bridgehead atoms. The third kappa shape index (κ3) is 4.39. The van der Waals surface area contributed by atoms with E-state index in [0.717, 1.165) is 40.2 Å². The molecular formula is C22H25F3N6O. The second-order valence-corrected chi connectivity index (χ2v) is 8.15. The largest absolute Gasteiger partial charge is 0.389 e. The van der Waals surface area contributed by atoms with Gasteiger partial charge in [0.2, 0.25) is 5.91 Å². The van der Waals surface area contributed by atoms with E-state index in [1.165, 1.54) is 4.90 Å². The van der Waals surface area contributed by atoms with Gasteiger partial charge in [0.25, 0.3) is 0 Å². The Morgan fingerprint density at radius 3 is 2.62 bits per heavy atom. The second kappa shape index (κ2) is 8.40. The Morgan fingerprint density at radius 1 is 1.19 bits per heavy atom. The molecule has 0 saturated carbocycles. The zero-order valence-electron chi connectivity index (χ0n) is 18.2. The van der Waals surface area contributed by atoms with Crippen LogP contribution in [0.2, 0.25) is 0 Å². The summed E-state index contributed by atoms with van der Waals surface area (Å²) < 4.78 is 39.0. The van der Waals surface area contributed by atoms with E-state index in [4.69, 9.17) is 0 Å². The van der Waals surface area contributed by atoms with Gasteiger partial charge in [-0.3, -0.25) is 9.78 Å². The number of hydrogen-bond donors (Lipinski definition) is 0. The van der Waals surface area contributed by atoms with Crippen molar-refractivity contribution in [1.29, 1.82) is 0 Å². The highest BCUT2D eigenvalue weighted by atomic mass is 19.4. The summed E-state index contributed by atoms with van der Waals surface area (Å²) in [5.74, 6) is 0.358. The van der Waals surface area contributed by atoms with Crippen molar-refractivity contribution in [1.82, 2.24) is 24.4 Å². The van der Waals surface area contributed by atoms with Gasteiger partial charge in [0.15, 0.2) is 0 Å². The number of carbonyl (C=O) groups excluding carboxylic acids is 1. The number of hydrogen-bond acceptors (Lipinski definition) is 5. The number of rotatable bonds is 6. The summed E-state index contributed by atoms with van der Waals surface area (Å²) in [7, 11) is 3.87. The number of aromatic nitrogens is 4. The third-order valence-corrected chi connectivity index (χ3v) is 5.95. The normalized spacial score (nSPS) is 14.6. The highest BCUT2D eigenvalue weighted by Gasteiger charge is 2.35. The summed E-state index contributed by atoms with van der Waals surface area (Å²) in [6.07, 6.45) is 0.191. The Hall–Kier alpha value is -3.17. The molecule has 0 spiro atoms. The van der Waals surface area contributed by atoms with Gasteiger partial charge < -0.3 is 14.4 Å². The standard InChI is InChI=1S/C22H25F3N6O/c1-4-14-7-16(15-11-31(12-15)21(32)5-6-22(23,24)25)26-10-19(14)30(3)20-8-18-17(9-27-20)28-13-29(18)2/h7-10,13,15H,4-6,11-12H2,1-3H3. The summed E-state index contributed by atoms with van der Waals surface area (Å²) in [4.78, 5) is 28.8. The summed E-state index contributed by atoms with van der Waals surface area (Å²) in [6.45, 7) is 2.86. The van der Waals surface area contributed by atoms with E-state index in [1.54, 1.807) is 18.7 Å². The molecular weight excluding hydrogens is 421 g/mol. The number of anilines is 2. The van der Waals surface area contributed by atoms with Gasteiger partial charge in [-0.05, 0) is 18.1 Å². The Balaban J connectivity index is 1.46. The number of aryl methyl sites for hydroxylation is 2. The molecule has 0 aliphatic carbocycles. The number of pyridine rings is 2. The van der Waals surface area contributed by atoms with Crippen molar-refractivity contribution in [3.8, 4) is 0 Å². The van der Waals surface area contributed by atoms with Crippen LogP contribution in [0, 0.1) is 0 Å². The van der Waals surface area contributed by atoms with Crippen molar-refractivity contribution in [3.63, 3.8) is 0 Å². The Kier molecular flexibility index (Phi) is 5.79. The smallest absolute Gasteiger partial charge is 0.341 e. The molecule has 170 valence electrons. The predicted molar refractivity (Wildman–Crippen MR) is 115 cm³/mol. The molecule has 0 atom stereocenters. The minimum Gasteiger partial charge on any atom is -0.341 e. The van der Waals surface area contributed by atoms with Gasteiger partial charge in [0.1, 0.15) is 11.3 Å². The van der Waals surface area contributed by atoms with Crippen molar-refractivity contribution in [2.45, 2.75) is 38.3 Å². The first-order valence-corrected chi connectivity index (χ1v) is 10.5. The summed E-state index contributed by atoms with van der Waals surface area (Å²) >= 11 is 0. The van der Waals surface area contributed by atoms with E-state index in [-0.39, 0.29) is 5.92 Å². The molecule has 1 aliphatic rings. The van der Waals surface area contributed by atoms with Crippen LogP contribution in [-0.4, -0.2) is 56.6 Å². The lowest BCUT2D eigenvalue weighted by Crippen LogP contribution is -2.48. The van der Waals surface area contributed by atoms with Crippen LogP contribution >= 0.6 is 0 Å². The molecule has 4 heterocycles. The lowest BCUT2D eigenvalue weighted by atomic mass is 9.93. The van der Waals surface area contributed by atoms with Crippen LogP contribution in [0.1, 0.15) is 36.9 Å². The number of halogens is 3. The van der Waals surface area contributed by atoms with Gasteiger partial charge in [-0.2, -0.15) is 13.2 Å². The zero-order valence-corrected chi connectivity index (χ0v) is 18.2. The quantitative estimate of drug-likeness (QED) is 0.573. The lowest BCUT2D eigenvalue weighted by Gasteiger charge is -2.39. The van der Waals surface area contributed by atoms with E-state index in [9.17, 15) is 18.0 Å². The number of fused-ring (bicyclic) bond motifs is 1. The Morgan fingerprint density at radius 2 is 1.94 bits per heavy atom. The number of alkyl halides is 3. The maximum Gasteiger partial charge on any atom is 0.389 e. The van der Waals surface area contributed by atoms with Crippen molar-refractivity contribution >= 4 is 28.4 Å². The van der Waals surface area contributed by atoms with E-state index in [1.807, 2.05) is 35.7 Å². The van der Waals surface area contributed by atoms with E-state index >= 15 is 0 Å².